The zero-order valence-electron chi connectivity index (χ0n) is 46.8. The van der Waals surface area contributed by atoms with Crippen LogP contribution in [0.25, 0.3) is 0 Å². The third-order valence-corrected chi connectivity index (χ3v) is 14.0. The highest BCUT2D eigenvalue weighted by molar-refractivity contribution is 5.69. The summed E-state index contributed by atoms with van der Waals surface area (Å²) in [5, 5.41) is 72.4. The van der Waals surface area contributed by atoms with Crippen LogP contribution < -0.4 is 0 Å². The Labute approximate surface area is 454 Å². The number of aliphatic hydroxyl groups excluding tert-OH is 7. The SMILES string of the molecule is CC/C=C\C/C=C\C/C=C\C/C=C\CCCCCCCCCCCOCC(COC1OC(COC2OC(CO)C(O)C(O)C2O)C(O)C(O)C1O)OC(=O)CCCCCCCCCCC/C=C\CCCCCCCC. The first-order chi connectivity index (χ1) is 36.6. The van der Waals surface area contributed by atoms with Crippen LogP contribution in [0, 0.1) is 0 Å². The van der Waals surface area contributed by atoms with Crippen molar-refractivity contribution in [3.8, 4) is 0 Å². The van der Waals surface area contributed by atoms with Crippen molar-refractivity contribution < 1.29 is 69.0 Å². The largest absolute Gasteiger partial charge is 0.457 e. The van der Waals surface area contributed by atoms with Gasteiger partial charge >= 0.3 is 5.97 Å². The molecule has 0 aromatic rings. The number of hydrogen-bond donors (Lipinski definition) is 7. The quantitative estimate of drug-likeness (QED) is 0.0172. The van der Waals surface area contributed by atoms with Gasteiger partial charge in [-0.1, -0.05) is 197 Å². The van der Waals surface area contributed by atoms with Gasteiger partial charge in [0.05, 0.1) is 26.4 Å². The summed E-state index contributed by atoms with van der Waals surface area (Å²) in [6.07, 6.45) is 42.7. The van der Waals surface area contributed by atoms with Gasteiger partial charge < -0.3 is 64.2 Å². The molecule has 11 unspecified atom stereocenters. The van der Waals surface area contributed by atoms with Crippen LogP contribution in [0.2, 0.25) is 0 Å². The molecule has 2 aliphatic heterocycles. The lowest BCUT2D eigenvalue weighted by molar-refractivity contribution is -0.332. The second kappa shape index (κ2) is 47.7. The molecule has 0 amide bonds. The Kier molecular flexibility index (Phi) is 43.7. The maximum atomic E-state index is 13.1. The molecule has 2 rings (SSSR count). The van der Waals surface area contributed by atoms with Gasteiger partial charge in [-0.2, -0.15) is 0 Å². The maximum Gasteiger partial charge on any atom is 0.306 e. The van der Waals surface area contributed by atoms with Crippen molar-refractivity contribution in [2.75, 3.05) is 33.0 Å². The second-order valence-corrected chi connectivity index (χ2v) is 20.8. The van der Waals surface area contributed by atoms with Gasteiger partial charge in [0.25, 0.3) is 0 Å². The third kappa shape index (κ3) is 34.3. The Morgan fingerprint density at radius 3 is 1.37 bits per heavy atom. The minimum absolute atomic E-state index is 0.0553. The average molecular weight is 1070 g/mol. The molecule has 0 aliphatic carbocycles. The number of hydrogen-bond acceptors (Lipinski definition) is 14. The van der Waals surface area contributed by atoms with Crippen molar-refractivity contribution in [2.45, 2.75) is 287 Å². The Morgan fingerprint density at radius 2 is 0.867 bits per heavy atom. The van der Waals surface area contributed by atoms with Crippen LogP contribution in [0.5, 0.6) is 0 Å². The van der Waals surface area contributed by atoms with Crippen LogP contribution in [0.1, 0.15) is 219 Å². The normalized spacial score (nSPS) is 25.0. The van der Waals surface area contributed by atoms with E-state index in [1.54, 1.807) is 0 Å². The predicted octanol–water partition coefficient (Wildman–Crippen LogP) is 10.9. The average Bonchev–Trinajstić information content (AvgIpc) is 3.41. The minimum Gasteiger partial charge on any atom is -0.457 e. The van der Waals surface area contributed by atoms with E-state index in [4.69, 9.17) is 28.4 Å². The summed E-state index contributed by atoms with van der Waals surface area (Å²) < 4.78 is 34.4. The van der Waals surface area contributed by atoms with Gasteiger partial charge in [0.2, 0.25) is 0 Å². The zero-order valence-corrected chi connectivity index (χ0v) is 46.8. The molecule has 2 fully saturated rings. The topological polar surface area (TPSA) is 214 Å². The number of esters is 1. The highest BCUT2D eigenvalue weighted by Gasteiger charge is 2.47. The van der Waals surface area contributed by atoms with Gasteiger partial charge in [-0.05, 0) is 77.0 Å². The molecule has 2 aliphatic rings. The van der Waals surface area contributed by atoms with Crippen LogP contribution in [0.4, 0.5) is 0 Å². The first-order valence-corrected chi connectivity index (χ1v) is 29.9. The van der Waals surface area contributed by atoms with E-state index >= 15 is 0 Å². The Balaban J connectivity index is 1.71. The molecule has 0 saturated carbocycles. The van der Waals surface area contributed by atoms with Gasteiger partial charge in [-0.3, -0.25) is 4.79 Å². The maximum absolute atomic E-state index is 13.1. The molecular formula is C61H108O14. The van der Waals surface area contributed by atoms with Crippen LogP contribution >= 0.6 is 0 Å². The molecular weight excluding hydrogens is 957 g/mol. The molecule has 75 heavy (non-hydrogen) atoms. The van der Waals surface area contributed by atoms with Crippen LogP contribution in [-0.2, 0) is 33.2 Å². The Hall–Kier alpha value is -2.31. The highest BCUT2D eigenvalue weighted by atomic mass is 16.7. The van der Waals surface area contributed by atoms with E-state index in [0.717, 1.165) is 70.6 Å². The molecule has 0 spiro atoms. The summed E-state index contributed by atoms with van der Waals surface area (Å²) in [6.45, 7) is 3.57. The molecule has 0 radical (unpaired) electrons. The number of carbonyl (C=O) groups is 1. The monoisotopic (exact) mass is 1060 g/mol. The van der Waals surface area contributed by atoms with Gasteiger partial charge in [-0.25, -0.2) is 0 Å². The fourth-order valence-electron chi connectivity index (χ4n) is 9.21. The van der Waals surface area contributed by atoms with Crippen molar-refractivity contribution in [1.82, 2.24) is 0 Å². The molecule has 14 nitrogen and oxygen atoms in total. The molecule has 14 heteroatoms. The lowest BCUT2D eigenvalue weighted by Crippen LogP contribution is -2.61. The second-order valence-electron chi connectivity index (χ2n) is 20.8. The number of aliphatic hydroxyl groups is 7. The van der Waals surface area contributed by atoms with Crippen LogP contribution in [0.3, 0.4) is 0 Å². The summed E-state index contributed by atoms with van der Waals surface area (Å²) in [7, 11) is 0. The Morgan fingerprint density at radius 1 is 0.453 bits per heavy atom. The van der Waals surface area contributed by atoms with Crippen LogP contribution in [0.15, 0.2) is 60.8 Å². The fraction of sp³-hybridized carbons (Fsp3) is 0.820. The molecule has 7 N–H and O–H groups in total. The molecule has 2 heterocycles. The number of carbonyl (C=O) groups excluding carboxylic acids is 1. The number of ether oxygens (including phenoxy) is 6. The summed E-state index contributed by atoms with van der Waals surface area (Å²) in [6, 6.07) is 0. The van der Waals surface area contributed by atoms with Gasteiger partial charge in [0.15, 0.2) is 12.6 Å². The van der Waals surface area contributed by atoms with E-state index in [0.29, 0.717) is 13.0 Å². The van der Waals surface area contributed by atoms with Crippen molar-refractivity contribution in [3.63, 3.8) is 0 Å². The third-order valence-electron chi connectivity index (χ3n) is 14.0. The van der Waals surface area contributed by atoms with Gasteiger partial charge in [-0.15, -0.1) is 0 Å². The summed E-state index contributed by atoms with van der Waals surface area (Å²) >= 11 is 0. The number of allylic oxidation sites excluding steroid dienone is 10. The fourth-order valence-corrected chi connectivity index (χ4v) is 9.21. The van der Waals surface area contributed by atoms with Crippen molar-refractivity contribution in [1.29, 1.82) is 0 Å². The summed E-state index contributed by atoms with van der Waals surface area (Å²) in [5.74, 6) is -0.380. The summed E-state index contributed by atoms with van der Waals surface area (Å²) in [5.41, 5.74) is 0. The molecule has 436 valence electrons. The zero-order chi connectivity index (χ0) is 54.4. The van der Waals surface area contributed by atoms with Gasteiger partial charge in [0.1, 0.15) is 54.9 Å². The number of rotatable bonds is 48. The van der Waals surface area contributed by atoms with Crippen molar-refractivity contribution in [3.05, 3.63) is 60.8 Å². The molecule has 0 aromatic heterocycles. The first kappa shape index (κ1) is 68.8. The van der Waals surface area contributed by atoms with E-state index < -0.39 is 80.7 Å². The smallest absolute Gasteiger partial charge is 0.306 e. The van der Waals surface area contributed by atoms with Gasteiger partial charge in [0, 0.05) is 13.0 Å². The van der Waals surface area contributed by atoms with Crippen molar-refractivity contribution >= 4 is 5.97 Å². The van der Waals surface area contributed by atoms with E-state index in [1.165, 1.54) is 122 Å². The predicted molar refractivity (Wildman–Crippen MR) is 298 cm³/mol. The van der Waals surface area contributed by atoms with Crippen molar-refractivity contribution in [2.24, 2.45) is 0 Å². The molecule has 0 aromatic carbocycles. The Bertz CT molecular complexity index is 1470. The minimum atomic E-state index is -1.71. The highest BCUT2D eigenvalue weighted by Crippen LogP contribution is 2.27. The molecule has 2 saturated heterocycles. The van der Waals surface area contributed by atoms with E-state index in [-0.39, 0.29) is 25.6 Å². The van der Waals surface area contributed by atoms with E-state index in [9.17, 15) is 40.5 Å². The standard InChI is InChI=1S/C61H108O14/c1-3-5-7-9-11-13-15-17-19-21-23-24-25-27-29-31-33-35-37-39-41-43-45-70-47-50(73-53(63)44-42-40-38-36-34-32-30-28-26-22-20-18-16-14-12-10-8-6-4-2)48-71-60-59(69)57(67)55(65)52(75-60)49-72-61-58(68)56(66)54(64)51(46-62)74-61/h5,7,11,13,17-20,23-24,50-52,54-62,64-69H,3-4,6,8-10,12,14-16,21-22,25-49H2,1-2H3/b7-5-,13-11-,19-17-,20-18-,24-23-. The van der Waals surface area contributed by atoms with E-state index in [2.05, 4.69) is 74.6 Å². The van der Waals surface area contributed by atoms with Crippen LogP contribution in [-0.4, -0.2) is 142 Å². The molecule has 11 atom stereocenters. The summed E-state index contributed by atoms with van der Waals surface area (Å²) in [4.78, 5) is 13.1. The first-order valence-electron chi connectivity index (χ1n) is 29.9. The number of unbranched alkanes of at least 4 members (excludes halogenated alkanes) is 24. The van der Waals surface area contributed by atoms with E-state index in [1.807, 2.05) is 0 Å². The lowest BCUT2D eigenvalue weighted by atomic mass is 9.98. The lowest BCUT2D eigenvalue weighted by Gasteiger charge is -2.42. The molecule has 0 bridgehead atoms.